The molecule has 0 spiro atoms. The van der Waals surface area contributed by atoms with E-state index in [-0.39, 0.29) is 0 Å². The summed E-state index contributed by atoms with van der Waals surface area (Å²) in [6.45, 7) is 0. The zero-order valence-corrected chi connectivity index (χ0v) is 12.0. The van der Waals surface area contributed by atoms with Gasteiger partial charge in [0.05, 0.1) is 4.92 Å². The van der Waals surface area contributed by atoms with Crippen LogP contribution >= 0.6 is 0 Å². The standard InChI is InChI=1S/C12H12F3NO5S/c13-12(14,15)22(19,20)21-11-7-9-5-3-1-2-4-8(9)6-10(11)16(17)18/h6-7H,1-5H2. The third-order valence-corrected chi connectivity index (χ3v) is 4.32. The van der Waals surface area contributed by atoms with Gasteiger partial charge in [-0.1, -0.05) is 6.42 Å². The molecule has 0 fully saturated rings. The van der Waals surface area contributed by atoms with Gasteiger partial charge in [-0.05, 0) is 42.9 Å². The van der Waals surface area contributed by atoms with Gasteiger partial charge in [-0.15, -0.1) is 0 Å². The lowest BCUT2D eigenvalue weighted by Gasteiger charge is -2.12. The van der Waals surface area contributed by atoms with Crippen LogP contribution in [-0.4, -0.2) is 18.8 Å². The second-order valence-corrected chi connectivity index (χ2v) is 6.43. The number of rotatable bonds is 3. The summed E-state index contributed by atoms with van der Waals surface area (Å²) in [7, 11) is -5.95. The van der Waals surface area contributed by atoms with Crippen LogP contribution in [0.1, 0.15) is 30.4 Å². The summed E-state index contributed by atoms with van der Waals surface area (Å²) in [6.07, 6.45) is 3.54. The van der Waals surface area contributed by atoms with Crippen molar-refractivity contribution in [2.24, 2.45) is 0 Å². The van der Waals surface area contributed by atoms with Crippen molar-refractivity contribution in [1.82, 2.24) is 0 Å². The molecular weight excluding hydrogens is 327 g/mol. The first kappa shape index (κ1) is 16.5. The van der Waals surface area contributed by atoms with Gasteiger partial charge < -0.3 is 4.18 Å². The molecule has 10 heteroatoms. The van der Waals surface area contributed by atoms with Crippen molar-refractivity contribution in [2.75, 3.05) is 0 Å². The Labute approximate surface area is 124 Å². The molecule has 1 aromatic rings. The highest BCUT2D eigenvalue weighted by Crippen LogP contribution is 2.36. The molecule has 0 N–H and O–H groups in total. The lowest BCUT2D eigenvalue weighted by Crippen LogP contribution is -2.28. The molecule has 0 heterocycles. The number of nitrogens with zero attached hydrogens (tertiary/aromatic N) is 1. The highest BCUT2D eigenvalue weighted by molar-refractivity contribution is 7.88. The Kier molecular flexibility index (Phi) is 4.32. The van der Waals surface area contributed by atoms with E-state index in [1.54, 1.807) is 0 Å². The molecule has 0 unspecified atom stereocenters. The van der Waals surface area contributed by atoms with Crippen molar-refractivity contribution in [3.63, 3.8) is 0 Å². The van der Waals surface area contributed by atoms with E-state index < -0.39 is 32.0 Å². The number of aryl methyl sites for hydroxylation is 2. The predicted molar refractivity (Wildman–Crippen MR) is 70.0 cm³/mol. The highest BCUT2D eigenvalue weighted by atomic mass is 32.2. The molecule has 22 heavy (non-hydrogen) atoms. The average molecular weight is 339 g/mol. The quantitative estimate of drug-likeness (QED) is 0.278. The Morgan fingerprint density at radius 1 is 1.09 bits per heavy atom. The summed E-state index contributed by atoms with van der Waals surface area (Å²) in [4.78, 5) is 10.0. The Morgan fingerprint density at radius 3 is 2.14 bits per heavy atom. The van der Waals surface area contributed by atoms with Crippen LogP contribution in [0.3, 0.4) is 0 Å². The van der Waals surface area contributed by atoms with Crippen molar-refractivity contribution in [3.05, 3.63) is 33.4 Å². The number of fused-ring (bicyclic) bond motifs is 1. The fraction of sp³-hybridized carbons (Fsp3) is 0.500. The van der Waals surface area contributed by atoms with E-state index in [9.17, 15) is 31.7 Å². The second kappa shape index (κ2) is 5.75. The number of benzene rings is 1. The minimum absolute atomic E-state index is 0.510. The summed E-state index contributed by atoms with van der Waals surface area (Å²) >= 11 is 0. The summed E-state index contributed by atoms with van der Waals surface area (Å²) in [5.41, 5.74) is -5.21. The maximum absolute atomic E-state index is 12.4. The van der Waals surface area contributed by atoms with Crippen molar-refractivity contribution >= 4 is 15.8 Å². The minimum atomic E-state index is -5.95. The molecule has 0 bridgehead atoms. The molecule has 0 aliphatic heterocycles. The lowest BCUT2D eigenvalue weighted by atomic mass is 10.0. The van der Waals surface area contributed by atoms with Crippen LogP contribution in [0.15, 0.2) is 12.1 Å². The van der Waals surface area contributed by atoms with E-state index in [0.29, 0.717) is 24.0 Å². The van der Waals surface area contributed by atoms with Crippen LogP contribution in [0.2, 0.25) is 0 Å². The second-order valence-electron chi connectivity index (χ2n) is 4.89. The minimum Gasteiger partial charge on any atom is -0.369 e. The van der Waals surface area contributed by atoms with Gasteiger partial charge in [-0.3, -0.25) is 10.1 Å². The number of halogens is 3. The van der Waals surface area contributed by atoms with Crippen LogP contribution in [0.4, 0.5) is 18.9 Å². The first-order valence-electron chi connectivity index (χ1n) is 6.43. The van der Waals surface area contributed by atoms with Crippen LogP contribution in [0.25, 0.3) is 0 Å². The average Bonchev–Trinajstić information content (AvgIpc) is 2.60. The molecule has 6 nitrogen and oxygen atoms in total. The number of nitro groups is 1. The van der Waals surface area contributed by atoms with Crippen molar-refractivity contribution in [1.29, 1.82) is 0 Å². The van der Waals surface area contributed by atoms with Gasteiger partial charge in [0.15, 0.2) is 0 Å². The van der Waals surface area contributed by atoms with Gasteiger partial charge in [0, 0.05) is 6.07 Å². The molecule has 1 aromatic carbocycles. The Morgan fingerprint density at radius 2 is 1.64 bits per heavy atom. The third-order valence-electron chi connectivity index (χ3n) is 3.35. The topological polar surface area (TPSA) is 86.5 Å². The summed E-state index contributed by atoms with van der Waals surface area (Å²) in [5.74, 6) is -0.900. The van der Waals surface area contributed by atoms with E-state index in [1.807, 2.05) is 0 Å². The van der Waals surface area contributed by atoms with Crippen molar-refractivity contribution in [2.45, 2.75) is 37.6 Å². The third kappa shape index (κ3) is 3.32. The van der Waals surface area contributed by atoms with Gasteiger partial charge in [0.1, 0.15) is 0 Å². The zero-order chi connectivity index (χ0) is 16.5. The maximum Gasteiger partial charge on any atom is 0.534 e. The molecule has 0 aromatic heterocycles. The highest BCUT2D eigenvalue weighted by Gasteiger charge is 2.49. The van der Waals surface area contributed by atoms with Crippen LogP contribution in [0, 0.1) is 10.1 Å². The Hall–Kier alpha value is -1.84. The van der Waals surface area contributed by atoms with Gasteiger partial charge in [-0.25, -0.2) is 0 Å². The molecule has 0 atom stereocenters. The largest absolute Gasteiger partial charge is 0.534 e. The normalized spacial score (nSPS) is 15.8. The van der Waals surface area contributed by atoms with Gasteiger partial charge >= 0.3 is 21.3 Å². The smallest absolute Gasteiger partial charge is 0.369 e. The Balaban J connectivity index is 2.50. The summed E-state index contributed by atoms with van der Waals surface area (Å²) in [6, 6.07) is 2.13. The molecule has 122 valence electrons. The number of alkyl halides is 3. The van der Waals surface area contributed by atoms with Crippen LogP contribution < -0.4 is 4.18 Å². The first-order valence-corrected chi connectivity index (χ1v) is 7.83. The number of hydrogen-bond acceptors (Lipinski definition) is 5. The molecule has 2 rings (SSSR count). The van der Waals surface area contributed by atoms with E-state index in [2.05, 4.69) is 4.18 Å². The molecule has 0 radical (unpaired) electrons. The summed E-state index contributed by atoms with van der Waals surface area (Å²) < 4.78 is 63.2. The van der Waals surface area contributed by atoms with E-state index in [1.165, 1.54) is 0 Å². The monoisotopic (exact) mass is 339 g/mol. The molecule has 0 amide bonds. The zero-order valence-electron chi connectivity index (χ0n) is 11.2. The first-order chi connectivity index (χ1) is 10.1. The fourth-order valence-corrected chi connectivity index (χ4v) is 2.77. The SMILES string of the molecule is O=[N+]([O-])c1cc2c(cc1OS(=O)(=O)C(F)(F)F)CCCCC2. The predicted octanol–water partition coefficient (Wildman–Crippen LogP) is 3.09. The van der Waals surface area contributed by atoms with Gasteiger partial charge in [-0.2, -0.15) is 21.6 Å². The molecule has 0 saturated heterocycles. The number of nitro benzene ring substituents is 1. The van der Waals surface area contributed by atoms with E-state index in [0.717, 1.165) is 31.4 Å². The molecule has 1 aliphatic rings. The van der Waals surface area contributed by atoms with Crippen molar-refractivity contribution < 1.29 is 30.7 Å². The van der Waals surface area contributed by atoms with Crippen LogP contribution in [0.5, 0.6) is 5.75 Å². The lowest BCUT2D eigenvalue weighted by molar-refractivity contribution is -0.385. The van der Waals surface area contributed by atoms with Crippen LogP contribution in [-0.2, 0) is 23.0 Å². The molecular formula is C12H12F3NO5S. The molecule has 0 saturated carbocycles. The van der Waals surface area contributed by atoms with E-state index >= 15 is 0 Å². The maximum atomic E-state index is 12.4. The van der Waals surface area contributed by atoms with Crippen molar-refractivity contribution in [3.8, 4) is 5.75 Å². The Bertz CT molecular complexity index is 699. The molecule has 1 aliphatic carbocycles. The number of hydrogen-bond donors (Lipinski definition) is 0. The van der Waals surface area contributed by atoms with Gasteiger partial charge in [0.2, 0.25) is 5.75 Å². The van der Waals surface area contributed by atoms with Gasteiger partial charge in [0.25, 0.3) is 0 Å². The fourth-order valence-electron chi connectivity index (χ4n) is 2.30. The summed E-state index contributed by atoms with van der Waals surface area (Å²) in [5, 5.41) is 11.0. The van der Waals surface area contributed by atoms with E-state index in [4.69, 9.17) is 0 Å².